The van der Waals surface area contributed by atoms with Gasteiger partial charge in [0.05, 0.1) is 23.8 Å². The number of rotatable bonds is 5. The minimum absolute atomic E-state index is 0.0418. The molecule has 27 heavy (non-hydrogen) atoms. The van der Waals surface area contributed by atoms with Crippen LogP contribution in [0.4, 0.5) is 5.69 Å². The van der Waals surface area contributed by atoms with Crippen molar-refractivity contribution in [3.8, 4) is 5.75 Å². The minimum atomic E-state index is 0.0418. The third kappa shape index (κ3) is 3.16. The summed E-state index contributed by atoms with van der Waals surface area (Å²) in [5, 5.41) is 0.584. The lowest BCUT2D eigenvalue weighted by Crippen LogP contribution is -2.25. The molecule has 0 N–H and O–H groups in total. The summed E-state index contributed by atoms with van der Waals surface area (Å²) in [6.45, 7) is 3.62. The smallest absolute Gasteiger partial charge is 0.227 e. The number of imidazole rings is 1. The molecular formula is C21H22ClN3O2. The Morgan fingerprint density at radius 3 is 2.85 bits per heavy atom. The number of methoxy groups -OCH3 is 1. The van der Waals surface area contributed by atoms with Crippen molar-refractivity contribution in [1.29, 1.82) is 0 Å². The Morgan fingerprint density at radius 2 is 2.07 bits per heavy atom. The maximum Gasteiger partial charge on any atom is 0.227 e. The van der Waals surface area contributed by atoms with E-state index in [1.807, 2.05) is 18.2 Å². The third-order valence-corrected chi connectivity index (χ3v) is 5.29. The van der Waals surface area contributed by atoms with Gasteiger partial charge in [-0.2, -0.15) is 0 Å². The zero-order valence-electron chi connectivity index (χ0n) is 15.5. The molecule has 0 saturated carbocycles. The summed E-state index contributed by atoms with van der Waals surface area (Å²) in [7, 11) is 1.60. The molecule has 1 atom stereocenters. The highest BCUT2D eigenvalue weighted by molar-refractivity contribution is 6.31. The fourth-order valence-corrected chi connectivity index (χ4v) is 4.02. The van der Waals surface area contributed by atoms with Crippen molar-refractivity contribution >= 4 is 34.2 Å². The van der Waals surface area contributed by atoms with Crippen molar-refractivity contribution in [2.24, 2.45) is 0 Å². The molecule has 1 fully saturated rings. The predicted octanol–water partition coefficient (Wildman–Crippen LogP) is 4.63. The number of aryl methyl sites for hydroxylation is 1. The largest absolute Gasteiger partial charge is 0.495 e. The van der Waals surface area contributed by atoms with Gasteiger partial charge in [0, 0.05) is 30.5 Å². The molecule has 0 unspecified atom stereocenters. The van der Waals surface area contributed by atoms with E-state index in [2.05, 4.69) is 17.6 Å². The normalized spacial score (nSPS) is 17.1. The van der Waals surface area contributed by atoms with Crippen molar-refractivity contribution in [2.45, 2.75) is 32.2 Å². The van der Waals surface area contributed by atoms with Crippen LogP contribution < -0.4 is 9.64 Å². The summed E-state index contributed by atoms with van der Waals surface area (Å²) >= 11 is 6.16. The van der Waals surface area contributed by atoms with Crippen molar-refractivity contribution in [2.75, 3.05) is 18.6 Å². The number of fused-ring (bicyclic) bond motifs is 1. The molecule has 2 aromatic carbocycles. The van der Waals surface area contributed by atoms with Crippen LogP contribution in [0.5, 0.6) is 5.75 Å². The Balaban J connectivity index is 1.72. The number of aromatic nitrogens is 2. The van der Waals surface area contributed by atoms with Crippen molar-refractivity contribution in [3.63, 3.8) is 0 Å². The Kier molecular flexibility index (Phi) is 4.79. The molecule has 4 rings (SSSR count). The maximum absolute atomic E-state index is 12.8. The molecule has 1 saturated heterocycles. The topological polar surface area (TPSA) is 47.4 Å². The Labute approximate surface area is 163 Å². The molecule has 6 heteroatoms. The van der Waals surface area contributed by atoms with Gasteiger partial charge in [-0.15, -0.1) is 0 Å². The summed E-state index contributed by atoms with van der Waals surface area (Å²) in [5.41, 5.74) is 2.82. The van der Waals surface area contributed by atoms with Crippen molar-refractivity contribution in [3.05, 3.63) is 53.3 Å². The highest BCUT2D eigenvalue weighted by Crippen LogP contribution is 2.38. The number of hydrogen-bond acceptors (Lipinski definition) is 3. The number of ether oxygens (including phenoxy) is 1. The first kappa shape index (κ1) is 17.9. The SMILES string of the molecule is CCCn1c([C@H]2CC(=O)N(c3cc(Cl)ccc3OC)C2)nc2ccccc21. The minimum Gasteiger partial charge on any atom is -0.495 e. The van der Waals surface area contributed by atoms with Gasteiger partial charge >= 0.3 is 0 Å². The molecule has 1 aliphatic rings. The second-order valence-electron chi connectivity index (χ2n) is 6.83. The van der Waals surface area contributed by atoms with Crippen LogP contribution in [-0.4, -0.2) is 29.1 Å². The Hall–Kier alpha value is -2.53. The van der Waals surface area contributed by atoms with Gasteiger partial charge in [-0.1, -0.05) is 30.7 Å². The van der Waals surface area contributed by atoms with Gasteiger partial charge in [0.15, 0.2) is 0 Å². The van der Waals surface area contributed by atoms with Gasteiger partial charge in [-0.3, -0.25) is 4.79 Å². The van der Waals surface area contributed by atoms with Crippen LogP contribution in [0.1, 0.15) is 31.5 Å². The third-order valence-electron chi connectivity index (χ3n) is 5.05. The van der Waals surface area contributed by atoms with E-state index in [1.165, 1.54) is 0 Å². The fraction of sp³-hybridized carbons (Fsp3) is 0.333. The van der Waals surface area contributed by atoms with Crippen LogP contribution >= 0.6 is 11.6 Å². The number of anilines is 1. The van der Waals surface area contributed by atoms with Crippen LogP contribution in [0.25, 0.3) is 11.0 Å². The summed E-state index contributed by atoms with van der Waals surface area (Å²) in [6, 6.07) is 13.5. The van der Waals surface area contributed by atoms with Crippen LogP contribution in [0.2, 0.25) is 5.02 Å². The lowest BCUT2D eigenvalue weighted by molar-refractivity contribution is -0.117. The monoisotopic (exact) mass is 383 g/mol. The summed E-state index contributed by atoms with van der Waals surface area (Å²) < 4.78 is 7.69. The molecule has 3 aromatic rings. The number of carbonyl (C=O) groups is 1. The lowest BCUT2D eigenvalue weighted by Gasteiger charge is -2.20. The van der Waals surface area contributed by atoms with Gasteiger partial charge < -0.3 is 14.2 Å². The first-order chi connectivity index (χ1) is 13.1. The second-order valence-corrected chi connectivity index (χ2v) is 7.27. The molecule has 0 aliphatic carbocycles. The van der Waals surface area contributed by atoms with E-state index in [0.717, 1.165) is 35.5 Å². The molecule has 0 spiro atoms. The Morgan fingerprint density at radius 1 is 1.26 bits per heavy atom. The molecule has 2 heterocycles. The number of para-hydroxylation sites is 2. The molecule has 5 nitrogen and oxygen atoms in total. The van der Waals surface area contributed by atoms with Crippen LogP contribution in [0, 0.1) is 0 Å². The number of halogens is 1. The summed E-state index contributed by atoms with van der Waals surface area (Å²) in [6.07, 6.45) is 1.45. The number of carbonyl (C=O) groups excluding carboxylic acids is 1. The molecule has 1 amide bonds. The first-order valence-corrected chi connectivity index (χ1v) is 9.59. The maximum atomic E-state index is 12.8. The molecule has 1 aliphatic heterocycles. The van der Waals surface area contributed by atoms with Gasteiger partial charge in [0.2, 0.25) is 5.91 Å². The quantitative estimate of drug-likeness (QED) is 0.645. The number of hydrogen-bond donors (Lipinski definition) is 0. The summed E-state index contributed by atoms with van der Waals surface area (Å²) in [4.78, 5) is 19.4. The molecule has 0 bridgehead atoms. The van der Waals surface area contributed by atoms with E-state index in [1.54, 1.807) is 30.2 Å². The van der Waals surface area contributed by atoms with Gasteiger partial charge in [-0.05, 0) is 36.8 Å². The number of nitrogens with zero attached hydrogens (tertiary/aromatic N) is 3. The highest BCUT2D eigenvalue weighted by atomic mass is 35.5. The van der Waals surface area contributed by atoms with E-state index < -0.39 is 0 Å². The average Bonchev–Trinajstić information content (AvgIpc) is 3.23. The fourth-order valence-electron chi connectivity index (χ4n) is 3.85. The van der Waals surface area contributed by atoms with Gasteiger partial charge in [0.25, 0.3) is 0 Å². The van der Waals surface area contributed by atoms with E-state index in [-0.39, 0.29) is 11.8 Å². The van der Waals surface area contributed by atoms with E-state index in [4.69, 9.17) is 21.3 Å². The van der Waals surface area contributed by atoms with Gasteiger partial charge in [-0.25, -0.2) is 4.98 Å². The highest BCUT2D eigenvalue weighted by Gasteiger charge is 2.36. The standard InChI is InChI=1S/C21H22ClN3O2/c1-3-10-24-17-7-5-4-6-16(17)23-21(24)14-11-20(26)25(13-14)18-12-15(22)8-9-19(18)27-2/h4-9,12,14H,3,10-11,13H2,1-2H3/t14-/m0/s1. The van der Waals surface area contributed by atoms with Crippen LogP contribution in [0.3, 0.4) is 0 Å². The second kappa shape index (κ2) is 7.24. The predicted molar refractivity (Wildman–Crippen MR) is 108 cm³/mol. The molecule has 140 valence electrons. The van der Waals surface area contributed by atoms with E-state index in [9.17, 15) is 4.79 Å². The van der Waals surface area contributed by atoms with Crippen LogP contribution in [-0.2, 0) is 11.3 Å². The van der Waals surface area contributed by atoms with Crippen LogP contribution in [0.15, 0.2) is 42.5 Å². The average molecular weight is 384 g/mol. The zero-order valence-corrected chi connectivity index (χ0v) is 16.2. The van der Waals surface area contributed by atoms with Gasteiger partial charge in [0.1, 0.15) is 11.6 Å². The number of benzene rings is 2. The number of amides is 1. The summed E-state index contributed by atoms with van der Waals surface area (Å²) in [5.74, 6) is 1.74. The van der Waals surface area contributed by atoms with E-state index >= 15 is 0 Å². The van der Waals surface area contributed by atoms with Crippen molar-refractivity contribution in [1.82, 2.24) is 9.55 Å². The molecular weight excluding hydrogens is 362 g/mol. The Bertz CT molecular complexity index is 998. The zero-order chi connectivity index (χ0) is 19.0. The molecule has 1 aromatic heterocycles. The first-order valence-electron chi connectivity index (χ1n) is 9.21. The van der Waals surface area contributed by atoms with Crippen molar-refractivity contribution < 1.29 is 9.53 Å². The lowest BCUT2D eigenvalue weighted by atomic mass is 10.1. The molecule has 0 radical (unpaired) electrons. The van der Waals surface area contributed by atoms with E-state index in [0.29, 0.717) is 23.7 Å².